The van der Waals surface area contributed by atoms with Gasteiger partial charge in [0, 0.05) is 19.7 Å². The monoisotopic (exact) mass is 177 g/mol. The molecule has 74 valence electrons. The predicted molar refractivity (Wildman–Crippen MR) is 47.1 cm³/mol. The van der Waals surface area contributed by atoms with E-state index in [-0.39, 0.29) is 12.6 Å². The van der Waals surface area contributed by atoms with Gasteiger partial charge in [0.05, 0.1) is 19.3 Å². The second-order valence-corrected chi connectivity index (χ2v) is 2.81. The zero-order valence-corrected chi connectivity index (χ0v) is 7.79. The van der Waals surface area contributed by atoms with Gasteiger partial charge in [-0.2, -0.15) is 0 Å². The van der Waals surface area contributed by atoms with E-state index in [2.05, 4.69) is 5.32 Å². The van der Waals surface area contributed by atoms with Crippen LogP contribution >= 0.6 is 0 Å². The third-order valence-electron chi connectivity index (χ3n) is 1.71. The average molecular weight is 177 g/mol. The number of methoxy groups -OCH3 is 1. The Hall–Kier alpha value is -0.160. The molecule has 0 saturated heterocycles. The van der Waals surface area contributed by atoms with E-state index < -0.39 is 6.10 Å². The standard InChI is InChI=1S/C8H19NO3/c1-3-7(5-10)9-4-8(11)6-12-2/h7-11H,3-6H2,1-2H3. The molecule has 0 aromatic heterocycles. The van der Waals surface area contributed by atoms with Gasteiger partial charge in [0.1, 0.15) is 0 Å². The van der Waals surface area contributed by atoms with Gasteiger partial charge in [-0.25, -0.2) is 0 Å². The summed E-state index contributed by atoms with van der Waals surface area (Å²) in [7, 11) is 1.55. The van der Waals surface area contributed by atoms with Gasteiger partial charge in [0.25, 0.3) is 0 Å². The zero-order chi connectivity index (χ0) is 9.40. The summed E-state index contributed by atoms with van der Waals surface area (Å²) >= 11 is 0. The van der Waals surface area contributed by atoms with E-state index in [1.807, 2.05) is 6.92 Å². The summed E-state index contributed by atoms with van der Waals surface area (Å²) in [6.07, 6.45) is 0.367. The van der Waals surface area contributed by atoms with Crippen molar-refractivity contribution in [1.82, 2.24) is 5.32 Å². The Balaban J connectivity index is 3.37. The fourth-order valence-electron chi connectivity index (χ4n) is 0.892. The van der Waals surface area contributed by atoms with Crippen molar-refractivity contribution in [3.63, 3.8) is 0 Å². The SMILES string of the molecule is CCC(CO)NCC(O)COC. The highest BCUT2D eigenvalue weighted by molar-refractivity contribution is 4.66. The molecular weight excluding hydrogens is 158 g/mol. The van der Waals surface area contributed by atoms with Crippen molar-refractivity contribution < 1.29 is 14.9 Å². The molecule has 2 unspecified atom stereocenters. The summed E-state index contributed by atoms with van der Waals surface area (Å²) in [5.41, 5.74) is 0. The summed E-state index contributed by atoms with van der Waals surface area (Å²) in [5.74, 6) is 0. The van der Waals surface area contributed by atoms with E-state index in [1.54, 1.807) is 7.11 Å². The summed E-state index contributed by atoms with van der Waals surface area (Å²) in [5, 5.41) is 21.0. The summed E-state index contributed by atoms with van der Waals surface area (Å²) in [6.45, 7) is 2.88. The molecule has 0 aromatic rings. The summed E-state index contributed by atoms with van der Waals surface area (Å²) in [6, 6.07) is 0.0801. The lowest BCUT2D eigenvalue weighted by Crippen LogP contribution is -2.38. The first kappa shape index (κ1) is 11.8. The van der Waals surface area contributed by atoms with Crippen LogP contribution in [0.15, 0.2) is 0 Å². The number of hydrogen-bond donors (Lipinski definition) is 3. The highest BCUT2D eigenvalue weighted by Gasteiger charge is 2.07. The lowest BCUT2D eigenvalue weighted by atomic mass is 10.2. The van der Waals surface area contributed by atoms with Gasteiger partial charge in [-0.1, -0.05) is 6.92 Å². The van der Waals surface area contributed by atoms with E-state index in [4.69, 9.17) is 9.84 Å². The van der Waals surface area contributed by atoms with Crippen molar-refractivity contribution in [2.24, 2.45) is 0 Å². The minimum Gasteiger partial charge on any atom is -0.395 e. The minimum absolute atomic E-state index is 0.0801. The van der Waals surface area contributed by atoms with Crippen molar-refractivity contribution >= 4 is 0 Å². The van der Waals surface area contributed by atoms with Gasteiger partial charge in [-0.15, -0.1) is 0 Å². The second kappa shape index (κ2) is 7.49. The molecule has 0 aliphatic rings. The Morgan fingerprint density at radius 3 is 2.58 bits per heavy atom. The van der Waals surface area contributed by atoms with Crippen molar-refractivity contribution in [2.45, 2.75) is 25.5 Å². The average Bonchev–Trinajstić information content (AvgIpc) is 2.07. The van der Waals surface area contributed by atoms with E-state index >= 15 is 0 Å². The molecule has 3 N–H and O–H groups in total. The quantitative estimate of drug-likeness (QED) is 0.484. The highest BCUT2D eigenvalue weighted by Crippen LogP contribution is 1.89. The Morgan fingerprint density at radius 1 is 1.50 bits per heavy atom. The van der Waals surface area contributed by atoms with Crippen molar-refractivity contribution in [3.8, 4) is 0 Å². The van der Waals surface area contributed by atoms with Crippen LogP contribution in [-0.2, 0) is 4.74 Å². The number of aliphatic hydroxyl groups excluding tert-OH is 2. The van der Waals surface area contributed by atoms with Crippen LogP contribution in [0.2, 0.25) is 0 Å². The van der Waals surface area contributed by atoms with Crippen LogP contribution in [0.5, 0.6) is 0 Å². The van der Waals surface area contributed by atoms with Crippen LogP contribution in [0.25, 0.3) is 0 Å². The molecule has 0 aliphatic carbocycles. The van der Waals surface area contributed by atoms with Crippen LogP contribution in [0.4, 0.5) is 0 Å². The topological polar surface area (TPSA) is 61.7 Å². The van der Waals surface area contributed by atoms with Crippen LogP contribution in [0, 0.1) is 0 Å². The molecular formula is C8H19NO3. The van der Waals surface area contributed by atoms with Crippen molar-refractivity contribution in [2.75, 3.05) is 26.9 Å². The maximum absolute atomic E-state index is 9.22. The molecule has 0 spiro atoms. The number of aliphatic hydroxyl groups is 2. The molecule has 0 rings (SSSR count). The molecule has 0 amide bonds. The van der Waals surface area contributed by atoms with Gasteiger partial charge >= 0.3 is 0 Å². The maximum Gasteiger partial charge on any atom is 0.0897 e. The molecule has 4 heteroatoms. The number of hydrogen-bond acceptors (Lipinski definition) is 4. The minimum atomic E-state index is -0.490. The molecule has 2 atom stereocenters. The van der Waals surface area contributed by atoms with Crippen LogP contribution in [-0.4, -0.2) is 49.2 Å². The fourth-order valence-corrected chi connectivity index (χ4v) is 0.892. The number of nitrogens with one attached hydrogen (secondary N) is 1. The van der Waals surface area contributed by atoms with Crippen molar-refractivity contribution in [3.05, 3.63) is 0 Å². The molecule has 0 heterocycles. The molecule has 4 nitrogen and oxygen atoms in total. The third kappa shape index (κ3) is 5.49. The van der Waals surface area contributed by atoms with E-state index in [0.717, 1.165) is 6.42 Å². The lowest BCUT2D eigenvalue weighted by molar-refractivity contribution is 0.0607. The highest BCUT2D eigenvalue weighted by atomic mass is 16.5. The summed E-state index contributed by atoms with van der Waals surface area (Å²) < 4.78 is 4.75. The summed E-state index contributed by atoms with van der Waals surface area (Å²) in [4.78, 5) is 0. The zero-order valence-electron chi connectivity index (χ0n) is 7.79. The largest absolute Gasteiger partial charge is 0.395 e. The molecule has 0 aromatic carbocycles. The Labute approximate surface area is 73.5 Å². The lowest BCUT2D eigenvalue weighted by Gasteiger charge is -2.16. The van der Waals surface area contributed by atoms with Crippen LogP contribution in [0.1, 0.15) is 13.3 Å². The van der Waals surface area contributed by atoms with Crippen LogP contribution in [0.3, 0.4) is 0 Å². The van der Waals surface area contributed by atoms with Gasteiger partial charge in [-0.05, 0) is 6.42 Å². The van der Waals surface area contributed by atoms with Crippen molar-refractivity contribution in [1.29, 1.82) is 0 Å². The molecule has 0 aliphatic heterocycles. The Bertz CT molecular complexity index is 96.3. The van der Waals surface area contributed by atoms with E-state index in [0.29, 0.717) is 13.2 Å². The molecule has 0 radical (unpaired) electrons. The molecule has 0 fully saturated rings. The van der Waals surface area contributed by atoms with E-state index in [1.165, 1.54) is 0 Å². The number of ether oxygens (including phenoxy) is 1. The Kier molecular flexibility index (Phi) is 7.39. The predicted octanol–water partition coefficient (Wildman–Crippen LogP) is -0.646. The maximum atomic E-state index is 9.22. The Morgan fingerprint density at radius 2 is 2.17 bits per heavy atom. The number of rotatable bonds is 7. The fraction of sp³-hybridized carbons (Fsp3) is 1.00. The van der Waals surface area contributed by atoms with Gasteiger partial charge in [0.15, 0.2) is 0 Å². The van der Waals surface area contributed by atoms with Gasteiger partial charge in [0.2, 0.25) is 0 Å². The first-order valence-electron chi connectivity index (χ1n) is 4.25. The second-order valence-electron chi connectivity index (χ2n) is 2.81. The smallest absolute Gasteiger partial charge is 0.0897 e. The first-order valence-corrected chi connectivity index (χ1v) is 4.25. The first-order chi connectivity index (χ1) is 5.74. The van der Waals surface area contributed by atoms with Gasteiger partial charge in [-0.3, -0.25) is 0 Å². The molecule has 0 bridgehead atoms. The normalized spacial score (nSPS) is 16.0. The van der Waals surface area contributed by atoms with Crippen LogP contribution < -0.4 is 5.32 Å². The molecule has 12 heavy (non-hydrogen) atoms. The molecule has 0 saturated carbocycles. The van der Waals surface area contributed by atoms with E-state index in [9.17, 15) is 5.11 Å². The van der Waals surface area contributed by atoms with Gasteiger partial charge < -0.3 is 20.3 Å². The third-order valence-corrected chi connectivity index (χ3v) is 1.71.